The highest BCUT2D eigenvalue weighted by Gasteiger charge is 2.06. The molecule has 15 heavy (non-hydrogen) atoms. The van der Waals surface area contributed by atoms with Crippen LogP contribution in [0.3, 0.4) is 0 Å². The maximum absolute atomic E-state index is 8.98. The summed E-state index contributed by atoms with van der Waals surface area (Å²) in [5.74, 6) is 1.69. The second-order valence-corrected chi connectivity index (χ2v) is 3.47. The highest BCUT2D eigenvalue weighted by molar-refractivity contribution is 5.06. The van der Waals surface area contributed by atoms with Gasteiger partial charge in [0, 0.05) is 13.2 Å². The van der Waals surface area contributed by atoms with Crippen LogP contribution in [0.25, 0.3) is 0 Å². The van der Waals surface area contributed by atoms with Gasteiger partial charge in [0.25, 0.3) is 0 Å². The molecule has 1 aromatic heterocycles. The monoisotopic (exact) mass is 213 g/mol. The van der Waals surface area contributed by atoms with E-state index in [2.05, 4.69) is 5.32 Å². The molecule has 0 aliphatic carbocycles. The fraction of sp³-hybridized carbons (Fsp3) is 0.636. The van der Waals surface area contributed by atoms with Gasteiger partial charge in [0.05, 0.1) is 13.2 Å². The molecule has 1 rings (SSSR count). The van der Waals surface area contributed by atoms with Crippen LogP contribution in [0.2, 0.25) is 0 Å². The van der Waals surface area contributed by atoms with Crippen LogP contribution in [-0.4, -0.2) is 24.9 Å². The zero-order chi connectivity index (χ0) is 11.1. The predicted molar refractivity (Wildman–Crippen MR) is 57.4 cm³/mol. The van der Waals surface area contributed by atoms with Gasteiger partial charge in [-0.15, -0.1) is 0 Å². The number of ether oxygens (including phenoxy) is 1. The fourth-order valence-corrected chi connectivity index (χ4v) is 1.32. The summed E-state index contributed by atoms with van der Waals surface area (Å²) in [7, 11) is 1.64. The predicted octanol–water partition coefficient (Wildman–Crippen LogP) is 1.29. The second kappa shape index (κ2) is 6.61. The van der Waals surface area contributed by atoms with Gasteiger partial charge in [0.15, 0.2) is 0 Å². The Balaban J connectivity index is 2.36. The number of nitrogens with one attached hydrogen (secondary N) is 1. The van der Waals surface area contributed by atoms with Crippen LogP contribution in [0.15, 0.2) is 16.5 Å². The first-order chi connectivity index (χ1) is 7.30. The van der Waals surface area contributed by atoms with Crippen LogP contribution in [0.4, 0.5) is 0 Å². The maximum Gasteiger partial charge on any atom is 0.129 e. The Morgan fingerprint density at radius 2 is 2.20 bits per heavy atom. The molecule has 1 atom stereocenters. The number of hydrogen-bond donors (Lipinski definition) is 2. The number of methoxy groups -OCH3 is 1. The smallest absolute Gasteiger partial charge is 0.129 e. The largest absolute Gasteiger partial charge is 0.462 e. The van der Waals surface area contributed by atoms with Gasteiger partial charge in [0.1, 0.15) is 18.1 Å². The summed E-state index contributed by atoms with van der Waals surface area (Å²) in [6.45, 7) is 3.33. The van der Waals surface area contributed by atoms with Crippen molar-refractivity contribution >= 4 is 0 Å². The Labute approximate surface area is 90.2 Å². The van der Waals surface area contributed by atoms with Gasteiger partial charge in [-0.1, -0.05) is 6.92 Å². The van der Waals surface area contributed by atoms with Crippen LogP contribution in [0.5, 0.6) is 0 Å². The summed E-state index contributed by atoms with van der Waals surface area (Å²) >= 11 is 0. The summed E-state index contributed by atoms with van der Waals surface area (Å²) in [5.41, 5.74) is 0. The van der Waals surface area contributed by atoms with Crippen molar-refractivity contribution in [2.45, 2.75) is 32.5 Å². The van der Waals surface area contributed by atoms with Crippen LogP contribution in [0.1, 0.15) is 24.9 Å². The van der Waals surface area contributed by atoms with E-state index >= 15 is 0 Å². The SMILES string of the molecule is CC[C@H](CO)NCc1ccc(COC)o1. The van der Waals surface area contributed by atoms with Crippen molar-refractivity contribution in [3.63, 3.8) is 0 Å². The Morgan fingerprint density at radius 3 is 2.80 bits per heavy atom. The zero-order valence-corrected chi connectivity index (χ0v) is 9.32. The summed E-state index contributed by atoms with van der Waals surface area (Å²) in [5, 5.41) is 12.2. The molecular formula is C11H19NO3. The van der Waals surface area contributed by atoms with E-state index in [1.54, 1.807) is 7.11 Å². The van der Waals surface area contributed by atoms with Gasteiger partial charge < -0.3 is 19.6 Å². The fourth-order valence-electron chi connectivity index (χ4n) is 1.32. The molecule has 0 saturated carbocycles. The van der Waals surface area contributed by atoms with Crippen molar-refractivity contribution < 1.29 is 14.3 Å². The van der Waals surface area contributed by atoms with Gasteiger partial charge in [-0.25, -0.2) is 0 Å². The van der Waals surface area contributed by atoms with E-state index in [1.165, 1.54) is 0 Å². The van der Waals surface area contributed by atoms with Crippen LogP contribution in [0, 0.1) is 0 Å². The van der Waals surface area contributed by atoms with E-state index in [4.69, 9.17) is 14.3 Å². The maximum atomic E-state index is 8.98. The number of hydrogen-bond acceptors (Lipinski definition) is 4. The second-order valence-electron chi connectivity index (χ2n) is 3.47. The molecule has 2 N–H and O–H groups in total. The summed E-state index contributed by atoms with van der Waals surface area (Å²) in [6.07, 6.45) is 0.905. The first-order valence-corrected chi connectivity index (χ1v) is 5.21. The first-order valence-electron chi connectivity index (χ1n) is 5.21. The minimum atomic E-state index is 0.140. The summed E-state index contributed by atoms with van der Waals surface area (Å²) < 4.78 is 10.4. The molecule has 0 spiro atoms. The molecule has 4 nitrogen and oxygen atoms in total. The first kappa shape index (κ1) is 12.2. The quantitative estimate of drug-likeness (QED) is 0.716. The Kier molecular flexibility index (Phi) is 5.39. The lowest BCUT2D eigenvalue weighted by Crippen LogP contribution is -2.30. The molecule has 0 unspecified atom stereocenters. The van der Waals surface area contributed by atoms with Crippen molar-refractivity contribution in [1.82, 2.24) is 5.32 Å². The number of furan rings is 1. The normalized spacial score (nSPS) is 13.0. The zero-order valence-electron chi connectivity index (χ0n) is 9.32. The van der Waals surface area contributed by atoms with Crippen molar-refractivity contribution in [3.8, 4) is 0 Å². The molecule has 0 saturated heterocycles. The third-order valence-electron chi connectivity index (χ3n) is 2.28. The molecule has 0 bridgehead atoms. The van der Waals surface area contributed by atoms with E-state index in [0.717, 1.165) is 17.9 Å². The lowest BCUT2D eigenvalue weighted by atomic mass is 10.2. The highest BCUT2D eigenvalue weighted by atomic mass is 16.5. The van der Waals surface area contributed by atoms with Crippen LogP contribution >= 0.6 is 0 Å². The Morgan fingerprint density at radius 1 is 1.47 bits per heavy atom. The van der Waals surface area contributed by atoms with E-state index in [1.807, 2.05) is 19.1 Å². The minimum absolute atomic E-state index is 0.140. The topological polar surface area (TPSA) is 54.6 Å². The van der Waals surface area contributed by atoms with Crippen molar-refractivity contribution in [2.24, 2.45) is 0 Å². The highest BCUT2D eigenvalue weighted by Crippen LogP contribution is 2.08. The van der Waals surface area contributed by atoms with E-state index in [9.17, 15) is 0 Å². The third-order valence-corrected chi connectivity index (χ3v) is 2.28. The van der Waals surface area contributed by atoms with E-state index < -0.39 is 0 Å². The van der Waals surface area contributed by atoms with Gasteiger partial charge in [0.2, 0.25) is 0 Å². The molecule has 0 aliphatic rings. The van der Waals surface area contributed by atoms with Crippen molar-refractivity contribution in [3.05, 3.63) is 23.7 Å². The van der Waals surface area contributed by atoms with Gasteiger partial charge >= 0.3 is 0 Å². The molecule has 0 aliphatic heterocycles. The molecule has 86 valence electrons. The number of rotatable bonds is 7. The standard InChI is InChI=1S/C11H19NO3/c1-3-9(7-13)12-6-10-4-5-11(15-10)8-14-2/h4-5,9,12-13H,3,6-8H2,1-2H3/t9-/m1/s1. The van der Waals surface area contributed by atoms with Crippen molar-refractivity contribution in [2.75, 3.05) is 13.7 Å². The van der Waals surface area contributed by atoms with Crippen molar-refractivity contribution in [1.29, 1.82) is 0 Å². The molecule has 0 amide bonds. The lowest BCUT2D eigenvalue weighted by Gasteiger charge is -2.12. The van der Waals surface area contributed by atoms with E-state index in [0.29, 0.717) is 13.2 Å². The Bertz CT molecular complexity index is 269. The average molecular weight is 213 g/mol. The third kappa shape index (κ3) is 4.03. The summed E-state index contributed by atoms with van der Waals surface area (Å²) in [4.78, 5) is 0. The molecule has 1 heterocycles. The molecular weight excluding hydrogens is 194 g/mol. The minimum Gasteiger partial charge on any atom is -0.462 e. The molecule has 0 radical (unpaired) electrons. The molecule has 4 heteroatoms. The number of aliphatic hydroxyl groups excluding tert-OH is 1. The van der Waals surface area contributed by atoms with Gasteiger partial charge in [-0.05, 0) is 18.6 Å². The van der Waals surface area contributed by atoms with Gasteiger partial charge in [-0.3, -0.25) is 0 Å². The summed E-state index contributed by atoms with van der Waals surface area (Å²) in [6, 6.07) is 3.97. The Hall–Kier alpha value is -0.840. The molecule has 0 fully saturated rings. The van der Waals surface area contributed by atoms with Crippen LogP contribution < -0.4 is 5.32 Å². The lowest BCUT2D eigenvalue weighted by molar-refractivity contribution is 0.162. The van der Waals surface area contributed by atoms with Crippen LogP contribution in [-0.2, 0) is 17.9 Å². The van der Waals surface area contributed by atoms with Gasteiger partial charge in [-0.2, -0.15) is 0 Å². The molecule has 0 aromatic carbocycles. The van der Waals surface area contributed by atoms with E-state index in [-0.39, 0.29) is 12.6 Å². The molecule has 1 aromatic rings. The number of aliphatic hydroxyl groups is 1. The average Bonchev–Trinajstić information content (AvgIpc) is 2.68.